The average molecular weight is 284 g/mol. The van der Waals surface area contributed by atoms with Crippen LogP contribution in [-0.2, 0) is 0 Å². The summed E-state index contributed by atoms with van der Waals surface area (Å²) in [5.41, 5.74) is 4.23. The zero-order valence-electron chi connectivity index (χ0n) is 12.7. The third-order valence-corrected chi connectivity index (χ3v) is 3.39. The minimum absolute atomic E-state index is 0.465. The lowest BCUT2D eigenvalue weighted by molar-refractivity contribution is 0.112. The Labute approximate surface area is 125 Å². The molecule has 0 aliphatic heterocycles. The number of hydrogen-bond donors (Lipinski definition) is 0. The molecule has 21 heavy (non-hydrogen) atoms. The van der Waals surface area contributed by atoms with E-state index in [0.717, 1.165) is 23.3 Å². The number of ether oxygens (including phenoxy) is 2. The fourth-order valence-electron chi connectivity index (χ4n) is 2.10. The number of aldehydes is 1. The summed E-state index contributed by atoms with van der Waals surface area (Å²) in [5.74, 6) is 1.65. The Morgan fingerprint density at radius 3 is 2.29 bits per heavy atom. The van der Waals surface area contributed by atoms with E-state index in [0.29, 0.717) is 18.8 Å². The maximum Gasteiger partial charge on any atom is 0.150 e. The van der Waals surface area contributed by atoms with Gasteiger partial charge in [0.2, 0.25) is 0 Å². The van der Waals surface area contributed by atoms with Crippen LogP contribution in [-0.4, -0.2) is 19.5 Å². The predicted octanol–water partition coefficient (Wildman–Crippen LogP) is 3.88. The highest BCUT2D eigenvalue weighted by Crippen LogP contribution is 2.23. The van der Waals surface area contributed by atoms with Gasteiger partial charge in [-0.1, -0.05) is 6.07 Å². The van der Waals surface area contributed by atoms with Crippen molar-refractivity contribution in [2.45, 2.75) is 20.8 Å². The van der Waals surface area contributed by atoms with Gasteiger partial charge in [0.15, 0.2) is 0 Å². The van der Waals surface area contributed by atoms with Crippen molar-refractivity contribution in [2.24, 2.45) is 0 Å². The summed E-state index contributed by atoms with van der Waals surface area (Å²) in [6, 6.07) is 11.2. The zero-order chi connectivity index (χ0) is 15.2. The number of rotatable bonds is 6. The van der Waals surface area contributed by atoms with E-state index in [-0.39, 0.29) is 0 Å². The van der Waals surface area contributed by atoms with Crippen molar-refractivity contribution >= 4 is 6.29 Å². The van der Waals surface area contributed by atoms with E-state index in [2.05, 4.69) is 26.8 Å². The van der Waals surface area contributed by atoms with Crippen LogP contribution < -0.4 is 9.47 Å². The minimum atomic E-state index is 0.465. The fourth-order valence-corrected chi connectivity index (χ4v) is 2.10. The van der Waals surface area contributed by atoms with E-state index in [9.17, 15) is 4.79 Å². The highest BCUT2D eigenvalue weighted by molar-refractivity contribution is 5.74. The zero-order valence-corrected chi connectivity index (χ0v) is 12.7. The van der Waals surface area contributed by atoms with Crippen molar-refractivity contribution in [3.05, 3.63) is 58.7 Å². The Kier molecular flexibility index (Phi) is 4.99. The van der Waals surface area contributed by atoms with Crippen molar-refractivity contribution < 1.29 is 14.3 Å². The smallest absolute Gasteiger partial charge is 0.150 e. The molecule has 0 saturated carbocycles. The van der Waals surface area contributed by atoms with Gasteiger partial charge in [-0.25, -0.2) is 0 Å². The molecule has 2 aromatic rings. The SMILES string of the molecule is Cc1cc(C)c(C)c(OCCOc2ccc(C=O)cc2)c1. The largest absolute Gasteiger partial charge is 0.490 e. The Bertz CT molecular complexity index is 615. The lowest BCUT2D eigenvalue weighted by atomic mass is 10.1. The highest BCUT2D eigenvalue weighted by Gasteiger charge is 2.04. The number of benzene rings is 2. The molecule has 0 aromatic heterocycles. The van der Waals surface area contributed by atoms with Gasteiger partial charge in [-0.05, 0) is 67.8 Å². The fraction of sp³-hybridized carbons (Fsp3) is 0.278. The first-order valence-corrected chi connectivity index (χ1v) is 6.99. The van der Waals surface area contributed by atoms with Crippen molar-refractivity contribution in [2.75, 3.05) is 13.2 Å². The molecule has 0 aliphatic rings. The molecule has 0 heterocycles. The summed E-state index contributed by atoms with van der Waals surface area (Å²) >= 11 is 0. The van der Waals surface area contributed by atoms with Crippen LogP contribution in [0.25, 0.3) is 0 Å². The molecule has 0 bridgehead atoms. The first-order chi connectivity index (χ1) is 10.1. The van der Waals surface area contributed by atoms with Gasteiger partial charge in [0.25, 0.3) is 0 Å². The monoisotopic (exact) mass is 284 g/mol. The summed E-state index contributed by atoms with van der Waals surface area (Å²) in [6.45, 7) is 7.15. The van der Waals surface area contributed by atoms with E-state index in [4.69, 9.17) is 9.47 Å². The van der Waals surface area contributed by atoms with Crippen LogP contribution in [0.4, 0.5) is 0 Å². The molecule has 2 aromatic carbocycles. The Balaban J connectivity index is 1.85. The molecule has 3 heteroatoms. The molecule has 0 radical (unpaired) electrons. The quantitative estimate of drug-likeness (QED) is 0.596. The lowest BCUT2D eigenvalue weighted by Gasteiger charge is -2.13. The van der Waals surface area contributed by atoms with Crippen LogP contribution in [0, 0.1) is 20.8 Å². The molecular weight excluding hydrogens is 264 g/mol. The normalized spacial score (nSPS) is 10.2. The molecule has 0 N–H and O–H groups in total. The molecule has 0 unspecified atom stereocenters. The molecule has 0 amide bonds. The van der Waals surface area contributed by atoms with Crippen LogP contribution in [0.5, 0.6) is 11.5 Å². The van der Waals surface area contributed by atoms with Gasteiger partial charge in [0, 0.05) is 5.56 Å². The second kappa shape index (κ2) is 6.93. The van der Waals surface area contributed by atoms with Crippen molar-refractivity contribution in [1.29, 1.82) is 0 Å². The first kappa shape index (κ1) is 15.1. The third-order valence-electron chi connectivity index (χ3n) is 3.39. The Morgan fingerprint density at radius 1 is 0.952 bits per heavy atom. The van der Waals surface area contributed by atoms with Gasteiger partial charge < -0.3 is 9.47 Å². The minimum Gasteiger partial charge on any atom is -0.490 e. The second-order valence-electron chi connectivity index (χ2n) is 5.09. The number of carbonyl (C=O) groups is 1. The molecule has 0 spiro atoms. The summed E-state index contributed by atoms with van der Waals surface area (Å²) in [6.07, 6.45) is 0.815. The predicted molar refractivity (Wildman–Crippen MR) is 83.5 cm³/mol. The number of hydrogen-bond acceptors (Lipinski definition) is 3. The van der Waals surface area contributed by atoms with Crippen LogP contribution in [0.3, 0.4) is 0 Å². The van der Waals surface area contributed by atoms with Crippen LogP contribution in [0.2, 0.25) is 0 Å². The van der Waals surface area contributed by atoms with Crippen molar-refractivity contribution in [3.63, 3.8) is 0 Å². The van der Waals surface area contributed by atoms with Crippen LogP contribution in [0.1, 0.15) is 27.0 Å². The van der Waals surface area contributed by atoms with E-state index < -0.39 is 0 Å². The molecule has 0 atom stereocenters. The van der Waals surface area contributed by atoms with E-state index >= 15 is 0 Å². The topological polar surface area (TPSA) is 35.5 Å². The first-order valence-electron chi connectivity index (χ1n) is 6.99. The van der Waals surface area contributed by atoms with Gasteiger partial charge in [0.05, 0.1) is 0 Å². The molecule has 2 rings (SSSR count). The van der Waals surface area contributed by atoms with Crippen LogP contribution >= 0.6 is 0 Å². The van der Waals surface area contributed by atoms with Gasteiger partial charge >= 0.3 is 0 Å². The van der Waals surface area contributed by atoms with Crippen LogP contribution in [0.15, 0.2) is 36.4 Å². The summed E-state index contributed by atoms with van der Waals surface area (Å²) < 4.78 is 11.4. The van der Waals surface area contributed by atoms with E-state index in [1.807, 2.05) is 6.07 Å². The molecule has 0 saturated heterocycles. The standard InChI is InChI=1S/C18H20O3/c1-13-10-14(2)15(3)18(11-13)21-9-8-20-17-6-4-16(12-19)5-7-17/h4-7,10-12H,8-9H2,1-3H3. The molecular formula is C18H20O3. The third kappa shape index (κ3) is 4.09. The average Bonchev–Trinajstić information content (AvgIpc) is 2.49. The highest BCUT2D eigenvalue weighted by atomic mass is 16.5. The maximum atomic E-state index is 10.6. The number of aryl methyl sites for hydroxylation is 2. The van der Waals surface area contributed by atoms with Crippen molar-refractivity contribution in [1.82, 2.24) is 0 Å². The lowest BCUT2D eigenvalue weighted by Crippen LogP contribution is -2.10. The summed E-state index contributed by atoms with van der Waals surface area (Å²) in [5, 5.41) is 0. The molecule has 3 nitrogen and oxygen atoms in total. The van der Waals surface area contributed by atoms with Crippen molar-refractivity contribution in [3.8, 4) is 11.5 Å². The molecule has 0 fully saturated rings. The summed E-state index contributed by atoms with van der Waals surface area (Å²) in [4.78, 5) is 10.6. The molecule has 110 valence electrons. The Morgan fingerprint density at radius 2 is 1.62 bits per heavy atom. The van der Waals surface area contributed by atoms with Gasteiger partial charge in [-0.2, -0.15) is 0 Å². The van der Waals surface area contributed by atoms with E-state index in [1.165, 1.54) is 11.1 Å². The maximum absolute atomic E-state index is 10.6. The number of carbonyl (C=O) groups excluding carboxylic acids is 1. The van der Waals surface area contributed by atoms with Gasteiger partial charge in [0.1, 0.15) is 31.0 Å². The van der Waals surface area contributed by atoms with E-state index in [1.54, 1.807) is 24.3 Å². The molecule has 0 aliphatic carbocycles. The van der Waals surface area contributed by atoms with Gasteiger partial charge in [-0.15, -0.1) is 0 Å². The van der Waals surface area contributed by atoms with Gasteiger partial charge in [-0.3, -0.25) is 4.79 Å². The Hall–Kier alpha value is -2.29. The second-order valence-corrected chi connectivity index (χ2v) is 5.09. The summed E-state index contributed by atoms with van der Waals surface area (Å²) in [7, 11) is 0.